The summed E-state index contributed by atoms with van der Waals surface area (Å²) in [4.78, 5) is 2.88. The van der Waals surface area contributed by atoms with Crippen LogP contribution in [0, 0.1) is 4.84 Å². The van der Waals surface area contributed by atoms with Crippen LogP contribution in [0.2, 0.25) is 0 Å². The number of oxazole rings is 1. The molecule has 4 rings (SSSR count). The molecule has 0 aliphatic carbocycles. The van der Waals surface area contributed by atoms with E-state index in [2.05, 4.69) is 21.6 Å². The van der Waals surface area contributed by atoms with Gasteiger partial charge in [0, 0.05) is 13.1 Å². The van der Waals surface area contributed by atoms with Gasteiger partial charge >= 0.3 is 0 Å². The van der Waals surface area contributed by atoms with Gasteiger partial charge in [-0.1, -0.05) is 12.1 Å². The Morgan fingerprint density at radius 3 is 2.56 bits per heavy atom. The maximum Gasteiger partial charge on any atom is 0.270 e. The van der Waals surface area contributed by atoms with Gasteiger partial charge in [-0.15, -0.1) is 0 Å². The summed E-state index contributed by atoms with van der Waals surface area (Å²) in [5.74, 6) is 1.56. The van der Waals surface area contributed by atoms with E-state index in [1.54, 1.807) is 14.2 Å². The Balaban J connectivity index is 1.62. The molecule has 0 saturated carbocycles. The number of methoxy groups -OCH3 is 2. The lowest BCUT2D eigenvalue weighted by molar-refractivity contribution is 0.198. The normalized spacial score (nSPS) is 14.5. The van der Waals surface area contributed by atoms with Crippen LogP contribution >= 0.6 is 12.2 Å². The van der Waals surface area contributed by atoms with Crippen LogP contribution in [-0.4, -0.2) is 30.2 Å². The maximum absolute atomic E-state index is 5.69. The Hall–Kier alpha value is -2.31. The lowest BCUT2D eigenvalue weighted by atomic mass is 9.99. The SMILES string of the molecule is COc1cc2c(cc1OC)CN(Cn1c(=S)oc3ccccc31)CC2. The van der Waals surface area contributed by atoms with E-state index >= 15 is 0 Å². The van der Waals surface area contributed by atoms with E-state index in [0.717, 1.165) is 42.1 Å². The van der Waals surface area contributed by atoms with Gasteiger partial charge < -0.3 is 13.9 Å². The smallest absolute Gasteiger partial charge is 0.270 e. The number of fused-ring (bicyclic) bond motifs is 2. The molecule has 1 aliphatic rings. The van der Waals surface area contributed by atoms with Gasteiger partial charge in [0.2, 0.25) is 0 Å². The van der Waals surface area contributed by atoms with Crippen LogP contribution in [0.25, 0.3) is 11.1 Å². The third-order valence-corrected chi connectivity index (χ3v) is 5.02. The monoisotopic (exact) mass is 356 g/mol. The van der Waals surface area contributed by atoms with Crippen molar-refractivity contribution in [2.45, 2.75) is 19.6 Å². The number of hydrogen-bond acceptors (Lipinski definition) is 5. The number of ether oxygens (including phenoxy) is 2. The number of rotatable bonds is 4. The second-order valence-electron chi connectivity index (χ2n) is 6.18. The molecule has 0 amide bonds. The van der Waals surface area contributed by atoms with E-state index in [0.29, 0.717) is 11.5 Å². The predicted octanol–water partition coefficient (Wildman–Crippen LogP) is 4.00. The van der Waals surface area contributed by atoms with Gasteiger partial charge in [0.15, 0.2) is 17.1 Å². The molecular formula is C19H20N2O3S. The van der Waals surface area contributed by atoms with Crippen molar-refractivity contribution >= 4 is 23.3 Å². The Bertz CT molecular complexity index is 976. The van der Waals surface area contributed by atoms with Crippen LogP contribution in [0.3, 0.4) is 0 Å². The van der Waals surface area contributed by atoms with Crippen molar-refractivity contribution in [2.75, 3.05) is 20.8 Å². The van der Waals surface area contributed by atoms with Crippen LogP contribution in [0.15, 0.2) is 40.8 Å². The molecule has 1 aromatic heterocycles. The first-order valence-corrected chi connectivity index (χ1v) is 8.65. The summed E-state index contributed by atoms with van der Waals surface area (Å²) in [6, 6.07) is 12.1. The van der Waals surface area contributed by atoms with Gasteiger partial charge in [0.1, 0.15) is 0 Å². The lowest BCUT2D eigenvalue weighted by Gasteiger charge is -2.29. The zero-order chi connectivity index (χ0) is 17.4. The Morgan fingerprint density at radius 2 is 1.80 bits per heavy atom. The highest BCUT2D eigenvalue weighted by atomic mass is 32.1. The molecule has 1 aliphatic heterocycles. The minimum atomic E-state index is 0.513. The number of benzene rings is 2. The summed E-state index contributed by atoms with van der Waals surface area (Å²) in [7, 11) is 3.34. The van der Waals surface area contributed by atoms with E-state index in [4.69, 9.17) is 26.1 Å². The third-order valence-electron chi connectivity index (χ3n) is 4.71. The third kappa shape index (κ3) is 2.92. The molecule has 6 heteroatoms. The molecule has 3 aromatic rings. The van der Waals surface area contributed by atoms with Crippen molar-refractivity contribution in [3.8, 4) is 11.5 Å². The number of hydrogen-bond donors (Lipinski definition) is 0. The summed E-state index contributed by atoms with van der Waals surface area (Å²) in [6.45, 7) is 2.52. The highest BCUT2D eigenvalue weighted by molar-refractivity contribution is 7.71. The highest BCUT2D eigenvalue weighted by Gasteiger charge is 2.20. The topological polar surface area (TPSA) is 39.8 Å². The molecule has 0 N–H and O–H groups in total. The van der Waals surface area contributed by atoms with Gasteiger partial charge in [0.05, 0.1) is 26.4 Å². The zero-order valence-electron chi connectivity index (χ0n) is 14.3. The largest absolute Gasteiger partial charge is 0.493 e. The quantitative estimate of drug-likeness (QED) is 0.661. The van der Waals surface area contributed by atoms with Crippen LogP contribution in [0.4, 0.5) is 0 Å². The van der Waals surface area contributed by atoms with E-state index in [9.17, 15) is 0 Å². The highest BCUT2D eigenvalue weighted by Crippen LogP contribution is 2.33. The van der Waals surface area contributed by atoms with Gasteiger partial charge in [-0.3, -0.25) is 9.47 Å². The Labute approximate surface area is 151 Å². The van der Waals surface area contributed by atoms with Gasteiger partial charge in [-0.05, 0) is 54.0 Å². The number of para-hydroxylation sites is 2. The van der Waals surface area contributed by atoms with Gasteiger partial charge in [0.25, 0.3) is 4.84 Å². The molecule has 0 bridgehead atoms. The molecule has 0 atom stereocenters. The van der Waals surface area contributed by atoms with Crippen molar-refractivity contribution in [3.05, 3.63) is 52.4 Å². The second kappa shape index (κ2) is 6.54. The van der Waals surface area contributed by atoms with E-state index in [1.807, 2.05) is 24.3 Å². The lowest BCUT2D eigenvalue weighted by Crippen LogP contribution is -2.32. The minimum Gasteiger partial charge on any atom is -0.493 e. The number of nitrogens with zero attached hydrogens (tertiary/aromatic N) is 2. The van der Waals surface area contributed by atoms with E-state index < -0.39 is 0 Å². The molecule has 0 unspecified atom stereocenters. The molecular weight excluding hydrogens is 336 g/mol. The predicted molar refractivity (Wildman–Crippen MR) is 98.7 cm³/mol. The van der Waals surface area contributed by atoms with Crippen LogP contribution in [0.1, 0.15) is 11.1 Å². The molecule has 2 aromatic carbocycles. The van der Waals surface area contributed by atoms with Crippen molar-refractivity contribution in [2.24, 2.45) is 0 Å². The van der Waals surface area contributed by atoms with Crippen molar-refractivity contribution in [1.82, 2.24) is 9.47 Å². The van der Waals surface area contributed by atoms with Gasteiger partial charge in [-0.25, -0.2) is 0 Å². The molecule has 0 saturated heterocycles. The Kier molecular flexibility index (Phi) is 4.23. The van der Waals surface area contributed by atoms with Crippen molar-refractivity contribution < 1.29 is 13.9 Å². The maximum atomic E-state index is 5.69. The van der Waals surface area contributed by atoms with Crippen LogP contribution < -0.4 is 9.47 Å². The van der Waals surface area contributed by atoms with Crippen molar-refractivity contribution in [1.29, 1.82) is 0 Å². The van der Waals surface area contributed by atoms with E-state index in [-0.39, 0.29) is 0 Å². The molecule has 25 heavy (non-hydrogen) atoms. The molecule has 5 nitrogen and oxygen atoms in total. The Morgan fingerprint density at radius 1 is 1.08 bits per heavy atom. The number of aromatic nitrogens is 1. The first-order chi connectivity index (χ1) is 12.2. The molecule has 0 spiro atoms. The summed E-state index contributed by atoms with van der Waals surface area (Å²) in [6.07, 6.45) is 0.971. The van der Waals surface area contributed by atoms with Crippen molar-refractivity contribution in [3.63, 3.8) is 0 Å². The molecule has 0 fully saturated rings. The molecule has 130 valence electrons. The minimum absolute atomic E-state index is 0.513. The zero-order valence-corrected chi connectivity index (χ0v) is 15.1. The fourth-order valence-electron chi connectivity index (χ4n) is 3.41. The first kappa shape index (κ1) is 16.2. The standard InChI is InChI=1S/C19H20N2O3S/c1-22-17-9-13-7-8-20(11-14(13)10-18(17)23-2)12-21-15-5-3-4-6-16(15)24-19(21)25/h3-6,9-10H,7-8,11-12H2,1-2H3. The summed E-state index contributed by atoms with van der Waals surface area (Å²) in [5, 5.41) is 0. The van der Waals surface area contributed by atoms with Gasteiger partial charge in [-0.2, -0.15) is 0 Å². The summed E-state index contributed by atoms with van der Waals surface area (Å²) >= 11 is 5.40. The fourth-order valence-corrected chi connectivity index (χ4v) is 3.66. The molecule has 2 heterocycles. The van der Waals surface area contributed by atoms with E-state index in [1.165, 1.54) is 11.1 Å². The van der Waals surface area contributed by atoms with Crippen LogP contribution in [0.5, 0.6) is 11.5 Å². The second-order valence-corrected chi connectivity index (χ2v) is 6.53. The van der Waals surface area contributed by atoms with Crippen LogP contribution in [-0.2, 0) is 19.6 Å². The fraction of sp³-hybridized carbons (Fsp3) is 0.316. The first-order valence-electron chi connectivity index (χ1n) is 8.24. The average molecular weight is 356 g/mol. The summed E-state index contributed by atoms with van der Waals surface area (Å²) in [5.41, 5.74) is 4.44. The average Bonchev–Trinajstić information content (AvgIpc) is 2.96. The summed E-state index contributed by atoms with van der Waals surface area (Å²) < 4.78 is 18.6. The molecule has 0 radical (unpaired) electrons.